The van der Waals surface area contributed by atoms with Gasteiger partial charge in [-0.15, -0.1) is 0 Å². The summed E-state index contributed by atoms with van der Waals surface area (Å²) in [5, 5.41) is 12.8. The van der Waals surface area contributed by atoms with E-state index in [1.54, 1.807) is 0 Å². The summed E-state index contributed by atoms with van der Waals surface area (Å²) < 4.78 is 5.51. The summed E-state index contributed by atoms with van der Waals surface area (Å²) in [6, 6.07) is 0. The van der Waals surface area contributed by atoms with Gasteiger partial charge >= 0.3 is 0 Å². The highest BCUT2D eigenvalue weighted by Gasteiger charge is 2.14. The minimum atomic E-state index is -0.274. The number of ether oxygens (including phenoxy) is 1. The predicted octanol–water partition coefficient (Wildman–Crippen LogP) is 0.0676. The maximum atomic E-state index is 9.58. The number of rotatable bonds is 7. The Bertz CT molecular complexity index is 159. The average molecular weight is 216 g/mol. The van der Waals surface area contributed by atoms with Crippen molar-refractivity contribution < 1.29 is 9.84 Å². The van der Waals surface area contributed by atoms with Crippen molar-refractivity contribution in [1.29, 1.82) is 0 Å². The Kier molecular flexibility index (Phi) is 6.17. The second-order valence-electron chi connectivity index (χ2n) is 4.54. The SMILES string of the molecule is CN(C)CC(O)CNCCC1CCCO1. The van der Waals surface area contributed by atoms with E-state index in [-0.39, 0.29) is 6.10 Å². The lowest BCUT2D eigenvalue weighted by molar-refractivity contribution is 0.100. The van der Waals surface area contributed by atoms with Crippen LogP contribution in [-0.2, 0) is 4.74 Å². The third-order valence-corrected chi connectivity index (χ3v) is 2.62. The summed E-state index contributed by atoms with van der Waals surface area (Å²) in [6.45, 7) is 3.25. The van der Waals surface area contributed by atoms with E-state index in [0.29, 0.717) is 19.2 Å². The number of nitrogens with zero attached hydrogens (tertiary/aromatic N) is 1. The van der Waals surface area contributed by atoms with E-state index in [1.165, 1.54) is 12.8 Å². The third-order valence-electron chi connectivity index (χ3n) is 2.62. The highest BCUT2D eigenvalue weighted by Crippen LogP contribution is 2.14. The first-order chi connectivity index (χ1) is 7.18. The van der Waals surface area contributed by atoms with Crippen LogP contribution in [0.4, 0.5) is 0 Å². The van der Waals surface area contributed by atoms with Crippen molar-refractivity contribution in [3.8, 4) is 0 Å². The predicted molar refractivity (Wildman–Crippen MR) is 61.0 cm³/mol. The highest BCUT2D eigenvalue weighted by molar-refractivity contribution is 4.67. The molecule has 0 aromatic rings. The summed E-state index contributed by atoms with van der Waals surface area (Å²) >= 11 is 0. The van der Waals surface area contributed by atoms with Crippen molar-refractivity contribution in [1.82, 2.24) is 10.2 Å². The van der Waals surface area contributed by atoms with E-state index in [4.69, 9.17) is 4.74 Å². The fourth-order valence-electron chi connectivity index (χ4n) is 1.89. The Hall–Kier alpha value is -0.160. The van der Waals surface area contributed by atoms with Crippen molar-refractivity contribution in [3.05, 3.63) is 0 Å². The molecule has 0 spiro atoms. The first kappa shape index (κ1) is 12.9. The lowest BCUT2D eigenvalue weighted by Gasteiger charge is -2.17. The van der Waals surface area contributed by atoms with E-state index in [1.807, 2.05) is 19.0 Å². The van der Waals surface area contributed by atoms with Crippen molar-refractivity contribution >= 4 is 0 Å². The fraction of sp³-hybridized carbons (Fsp3) is 1.00. The maximum absolute atomic E-state index is 9.58. The van der Waals surface area contributed by atoms with Crippen LogP contribution < -0.4 is 5.32 Å². The molecule has 0 saturated carbocycles. The van der Waals surface area contributed by atoms with E-state index in [0.717, 1.165) is 19.6 Å². The molecule has 0 aromatic carbocycles. The number of hydrogen-bond donors (Lipinski definition) is 2. The Morgan fingerprint density at radius 1 is 1.53 bits per heavy atom. The summed E-state index contributed by atoms with van der Waals surface area (Å²) in [5.74, 6) is 0. The number of hydrogen-bond acceptors (Lipinski definition) is 4. The van der Waals surface area contributed by atoms with Gasteiger partial charge in [0.1, 0.15) is 0 Å². The van der Waals surface area contributed by atoms with Gasteiger partial charge in [0.2, 0.25) is 0 Å². The molecule has 4 nitrogen and oxygen atoms in total. The van der Waals surface area contributed by atoms with Crippen LogP contribution in [0.3, 0.4) is 0 Å². The van der Waals surface area contributed by atoms with E-state index in [9.17, 15) is 5.11 Å². The number of aliphatic hydroxyl groups excluding tert-OH is 1. The molecule has 0 amide bonds. The monoisotopic (exact) mass is 216 g/mol. The number of likely N-dealkylation sites (N-methyl/N-ethyl adjacent to an activating group) is 1. The lowest BCUT2D eigenvalue weighted by Crippen LogP contribution is -2.35. The molecule has 1 saturated heterocycles. The quantitative estimate of drug-likeness (QED) is 0.591. The molecule has 1 aliphatic rings. The van der Waals surface area contributed by atoms with Gasteiger partial charge in [-0.2, -0.15) is 0 Å². The van der Waals surface area contributed by atoms with Gasteiger partial charge in [-0.1, -0.05) is 0 Å². The molecule has 4 heteroatoms. The van der Waals surface area contributed by atoms with Gasteiger partial charge < -0.3 is 20.1 Å². The summed E-state index contributed by atoms with van der Waals surface area (Å²) in [4.78, 5) is 1.99. The zero-order valence-electron chi connectivity index (χ0n) is 9.91. The molecule has 15 heavy (non-hydrogen) atoms. The van der Waals surface area contributed by atoms with Crippen LogP contribution in [-0.4, -0.2) is 62.6 Å². The van der Waals surface area contributed by atoms with Crippen LogP contribution in [0.2, 0.25) is 0 Å². The van der Waals surface area contributed by atoms with Crippen LogP contribution in [0.25, 0.3) is 0 Å². The molecule has 2 N–H and O–H groups in total. The summed E-state index contributed by atoms with van der Waals surface area (Å²) in [5.41, 5.74) is 0. The molecule has 1 heterocycles. The molecular formula is C11H24N2O2. The van der Waals surface area contributed by atoms with Crippen molar-refractivity contribution in [2.45, 2.75) is 31.5 Å². The van der Waals surface area contributed by atoms with Crippen molar-refractivity contribution in [2.24, 2.45) is 0 Å². The molecule has 0 bridgehead atoms. The van der Waals surface area contributed by atoms with Gasteiger partial charge in [0.25, 0.3) is 0 Å². The fourth-order valence-corrected chi connectivity index (χ4v) is 1.89. The van der Waals surface area contributed by atoms with E-state index >= 15 is 0 Å². The molecular weight excluding hydrogens is 192 g/mol. The molecule has 0 radical (unpaired) electrons. The molecule has 0 aliphatic carbocycles. The third kappa shape index (κ3) is 6.10. The van der Waals surface area contributed by atoms with Gasteiger partial charge in [0, 0.05) is 19.7 Å². The smallest absolute Gasteiger partial charge is 0.0791 e. The highest BCUT2D eigenvalue weighted by atomic mass is 16.5. The van der Waals surface area contributed by atoms with Gasteiger partial charge in [-0.3, -0.25) is 0 Å². The van der Waals surface area contributed by atoms with Gasteiger partial charge in [0.15, 0.2) is 0 Å². The minimum absolute atomic E-state index is 0.274. The number of aliphatic hydroxyl groups is 1. The standard InChI is InChI=1S/C11H24N2O2/c1-13(2)9-10(14)8-12-6-5-11-4-3-7-15-11/h10-12,14H,3-9H2,1-2H3. The average Bonchev–Trinajstić information content (AvgIpc) is 2.63. The second kappa shape index (κ2) is 7.17. The van der Waals surface area contributed by atoms with E-state index in [2.05, 4.69) is 5.32 Å². The summed E-state index contributed by atoms with van der Waals surface area (Å²) in [7, 11) is 3.94. The van der Waals surface area contributed by atoms with Crippen LogP contribution in [0, 0.1) is 0 Å². The Morgan fingerprint density at radius 3 is 2.93 bits per heavy atom. The zero-order chi connectivity index (χ0) is 11.1. The van der Waals surface area contributed by atoms with Gasteiger partial charge in [-0.05, 0) is 39.9 Å². The second-order valence-corrected chi connectivity index (χ2v) is 4.54. The Morgan fingerprint density at radius 2 is 2.33 bits per heavy atom. The minimum Gasteiger partial charge on any atom is -0.390 e. The van der Waals surface area contributed by atoms with Gasteiger partial charge in [0.05, 0.1) is 12.2 Å². The van der Waals surface area contributed by atoms with Crippen LogP contribution in [0.15, 0.2) is 0 Å². The molecule has 1 fully saturated rings. The largest absolute Gasteiger partial charge is 0.390 e. The van der Waals surface area contributed by atoms with Crippen LogP contribution in [0.5, 0.6) is 0 Å². The van der Waals surface area contributed by atoms with Crippen molar-refractivity contribution in [2.75, 3.05) is 40.3 Å². The molecule has 1 aliphatic heterocycles. The van der Waals surface area contributed by atoms with Crippen LogP contribution in [0.1, 0.15) is 19.3 Å². The first-order valence-corrected chi connectivity index (χ1v) is 5.83. The topological polar surface area (TPSA) is 44.7 Å². The first-order valence-electron chi connectivity index (χ1n) is 5.83. The molecule has 1 rings (SSSR count). The zero-order valence-corrected chi connectivity index (χ0v) is 9.91. The normalized spacial score (nSPS) is 23.6. The lowest BCUT2D eigenvalue weighted by atomic mass is 10.2. The molecule has 2 unspecified atom stereocenters. The van der Waals surface area contributed by atoms with Gasteiger partial charge in [-0.25, -0.2) is 0 Å². The number of nitrogens with one attached hydrogen (secondary N) is 1. The Balaban J connectivity index is 1.91. The molecule has 2 atom stereocenters. The molecule has 90 valence electrons. The Labute approximate surface area is 92.6 Å². The summed E-state index contributed by atoms with van der Waals surface area (Å²) in [6.07, 6.45) is 3.64. The van der Waals surface area contributed by atoms with E-state index < -0.39 is 0 Å². The van der Waals surface area contributed by atoms with Crippen LogP contribution >= 0.6 is 0 Å². The maximum Gasteiger partial charge on any atom is 0.0791 e. The van der Waals surface area contributed by atoms with Crippen molar-refractivity contribution in [3.63, 3.8) is 0 Å². The molecule has 0 aromatic heterocycles.